The van der Waals surface area contributed by atoms with Gasteiger partial charge < -0.3 is 14.8 Å². The number of aryl methyl sites for hydroxylation is 2. The molecule has 0 aromatic heterocycles. The lowest BCUT2D eigenvalue weighted by atomic mass is 9.55. The Bertz CT molecular complexity index is 1300. The molecule has 0 radical (unpaired) electrons. The molecule has 204 valence electrons. The lowest BCUT2D eigenvalue weighted by Crippen LogP contribution is -2.48. The van der Waals surface area contributed by atoms with Gasteiger partial charge in [-0.1, -0.05) is 35.9 Å². The molecular weight excluding hydrogens is 491 g/mol. The van der Waals surface area contributed by atoms with E-state index >= 15 is 0 Å². The first-order valence-corrected chi connectivity index (χ1v) is 14.2. The Hall–Kier alpha value is -2.94. The Kier molecular flexibility index (Phi) is 6.90. The van der Waals surface area contributed by atoms with Gasteiger partial charge in [0.25, 0.3) is 0 Å². The van der Waals surface area contributed by atoms with Gasteiger partial charge in [0.1, 0.15) is 5.75 Å². The number of allylic oxidation sites excluding steroid dienone is 2. The molecule has 2 amide bonds. The van der Waals surface area contributed by atoms with Crippen LogP contribution in [0.15, 0.2) is 53.5 Å². The maximum absolute atomic E-state index is 14.0. The van der Waals surface area contributed by atoms with Gasteiger partial charge >= 0.3 is 7.12 Å². The van der Waals surface area contributed by atoms with Crippen LogP contribution in [0, 0.1) is 31.6 Å². The summed E-state index contributed by atoms with van der Waals surface area (Å²) in [5.74, 6) is -0.939. The highest BCUT2D eigenvalue weighted by atomic mass is 16.5. The van der Waals surface area contributed by atoms with Crippen molar-refractivity contribution in [3.63, 3.8) is 0 Å². The molecule has 0 unspecified atom stereocenters. The van der Waals surface area contributed by atoms with E-state index in [0.29, 0.717) is 12.8 Å². The first-order valence-electron chi connectivity index (χ1n) is 14.2. The predicted molar refractivity (Wildman–Crippen MR) is 148 cm³/mol. The maximum Gasteiger partial charge on any atom is 0.487 e. The molecule has 3 heterocycles. The van der Waals surface area contributed by atoms with Crippen LogP contribution in [-0.2, 0) is 20.8 Å². The fourth-order valence-electron chi connectivity index (χ4n) is 7.51. The molecule has 0 spiro atoms. The minimum atomic E-state index is -1.11. The number of benzene rings is 2. The van der Waals surface area contributed by atoms with E-state index in [9.17, 15) is 19.7 Å². The van der Waals surface area contributed by atoms with Crippen LogP contribution in [0.4, 0.5) is 0 Å². The van der Waals surface area contributed by atoms with E-state index < -0.39 is 19.1 Å². The van der Waals surface area contributed by atoms with Crippen LogP contribution < -0.4 is 0 Å². The molecule has 2 aromatic rings. The van der Waals surface area contributed by atoms with Crippen molar-refractivity contribution >= 4 is 18.9 Å². The Morgan fingerprint density at radius 3 is 2.31 bits per heavy atom. The van der Waals surface area contributed by atoms with Gasteiger partial charge in [0, 0.05) is 25.7 Å². The van der Waals surface area contributed by atoms with Gasteiger partial charge in [-0.2, -0.15) is 0 Å². The van der Waals surface area contributed by atoms with Crippen molar-refractivity contribution in [1.82, 2.24) is 9.80 Å². The van der Waals surface area contributed by atoms with Crippen LogP contribution in [0.3, 0.4) is 0 Å². The zero-order valence-electron chi connectivity index (χ0n) is 23.0. The number of rotatable bonds is 4. The molecule has 0 saturated carbocycles. The van der Waals surface area contributed by atoms with Gasteiger partial charge in [-0.05, 0) is 92.2 Å². The molecule has 3 fully saturated rings. The fraction of sp³-hybridized carbons (Fsp3) is 0.484. The Balaban J connectivity index is 1.21. The molecule has 7 nitrogen and oxygen atoms in total. The topological polar surface area (TPSA) is 90.3 Å². The maximum atomic E-state index is 14.0. The van der Waals surface area contributed by atoms with Gasteiger partial charge in [-0.3, -0.25) is 19.4 Å². The minimum absolute atomic E-state index is 0.0428. The second-order valence-electron chi connectivity index (χ2n) is 11.9. The lowest BCUT2D eigenvalue weighted by Gasteiger charge is -2.41. The average Bonchev–Trinajstić information content (AvgIpc) is 3.17. The number of amides is 2. The third-order valence-corrected chi connectivity index (χ3v) is 9.45. The summed E-state index contributed by atoms with van der Waals surface area (Å²) in [7, 11) is -1.11. The number of likely N-dealkylation sites (tertiary alicyclic amines) is 2. The summed E-state index contributed by atoms with van der Waals surface area (Å²) < 4.78 is 6.08. The number of nitrogens with zero attached hydrogens (tertiary/aromatic N) is 2. The van der Waals surface area contributed by atoms with E-state index in [1.807, 2.05) is 39.0 Å². The van der Waals surface area contributed by atoms with Crippen molar-refractivity contribution in [2.45, 2.75) is 65.1 Å². The Labute approximate surface area is 230 Å². The summed E-state index contributed by atoms with van der Waals surface area (Å²) in [5, 5.41) is 21.3. The molecule has 3 aliphatic heterocycles. The molecule has 6 rings (SSSR count). The minimum Gasteiger partial charge on any atom is -0.507 e. The first kappa shape index (κ1) is 26.3. The zero-order chi connectivity index (χ0) is 27.4. The van der Waals surface area contributed by atoms with E-state index in [1.165, 1.54) is 5.56 Å². The van der Waals surface area contributed by atoms with Crippen molar-refractivity contribution in [1.29, 1.82) is 0 Å². The monoisotopic (exact) mass is 528 g/mol. The number of hydrogen-bond donors (Lipinski definition) is 2. The number of hydrogen-bond acceptors (Lipinski definition) is 6. The van der Waals surface area contributed by atoms with Crippen molar-refractivity contribution in [2.24, 2.45) is 17.8 Å². The highest BCUT2D eigenvalue weighted by Crippen LogP contribution is 2.52. The number of carbonyl (C=O) groups excluding carboxylic acids is 2. The number of piperidine rings is 1. The SMILES string of the molecule is CC1=C2B(O)O[C@H](c3cc(C)c(O)c(C)c3)C[C@H]2[C@H]2C(=O)N(C3CCN(Cc4ccccc4)CC3)C(=O)[C@H]2C1. The average molecular weight is 528 g/mol. The van der Waals surface area contributed by atoms with Crippen LogP contribution in [0.2, 0.25) is 0 Å². The molecule has 0 bridgehead atoms. The molecule has 4 aliphatic rings. The number of phenolic OH excluding ortho intramolecular Hbond substituents is 1. The van der Waals surface area contributed by atoms with Crippen molar-refractivity contribution in [3.05, 3.63) is 75.8 Å². The van der Waals surface area contributed by atoms with E-state index in [0.717, 1.165) is 60.2 Å². The Morgan fingerprint density at radius 2 is 1.64 bits per heavy atom. The number of carbonyl (C=O) groups is 2. The van der Waals surface area contributed by atoms with E-state index in [2.05, 4.69) is 29.2 Å². The van der Waals surface area contributed by atoms with Gasteiger partial charge in [-0.25, -0.2) is 0 Å². The largest absolute Gasteiger partial charge is 0.507 e. The normalized spacial score (nSPS) is 28.2. The molecule has 1 aliphatic carbocycles. The van der Waals surface area contributed by atoms with Gasteiger partial charge in [-0.15, -0.1) is 0 Å². The van der Waals surface area contributed by atoms with E-state index in [-0.39, 0.29) is 35.4 Å². The summed E-state index contributed by atoms with van der Waals surface area (Å²) in [5.41, 5.74) is 5.39. The number of aromatic hydroxyl groups is 1. The lowest BCUT2D eigenvalue weighted by molar-refractivity contribution is -0.144. The van der Waals surface area contributed by atoms with E-state index in [1.54, 1.807) is 4.90 Å². The molecule has 2 aromatic carbocycles. The van der Waals surface area contributed by atoms with Gasteiger partial charge in [0.15, 0.2) is 0 Å². The van der Waals surface area contributed by atoms with Crippen molar-refractivity contribution in [3.8, 4) is 5.75 Å². The molecule has 3 saturated heterocycles. The smallest absolute Gasteiger partial charge is 0.487 e. The molecular formula is C31H37BN2O5. The molecule has 2 N–H and O–H groups in total. The van der Waals surface area contributed by atoms with Crippen LogP contribution in [0.1, 0.15) is 61.0 Å². The van der Waals surface area contributed by atoms with E-state index in [4.69, 9.17) is 4.65 Å². The van der Waals surface area contributed by atoms with Crippen molar-refractivity contribution in [2.75, 3.05) is 13.1 Å². The molecule has 39 heavy (non-hydrogen) atoms. The van der Waals surface area contributed by atoms with Crippen LogP contribution in [0.25, 0.3) is 0 Å². The fourth-order valence-corrected chi connectivity index (χ4v) is 7.51. The number of phenols is 1. The second kappa shape index (κ2) is 10.2. The first-order chi connectivity index (χ1) is 18.7. The Morgan fingerprint density at radius 1 is 0.974 bits per heavy atom. The quantitative estimate of drug-likeness (QED) is 0.459. The van der Waals surface area contributed by atoms with Crippen LogP contribution >= 0.6 is 0 Å². The highest BCUT2D eigenvalue weighted by molar-refractivity contribution is 6.53. The number of imide groups is 1. The number of fused-ring (bicyclic) bond motifs is 3. The van der Waals surface area contributed by atoms with Crippen LogP contribution in [0.5, 0.6) is 5.75 Å². The van der Waals surface area contributed by atoms with Gasteiger partial charge in [0.2, 0.25) is 11.8 Å². The summed E-state index contributed by atoms with van der Waals surface area (Å²) in [6.07, 6.45) is 2.17. The highest BCUT2D eigenvalue weighted by Gasteiger charge is 2.58. The summed E-state index contributed by atoms with van der Waals surface area (Å²) in [6.45, 7) is 8.24. The predicted octanol–water partition coefficient (Wildman–Crippen LogP) is 4.09. The summed E-state index contributed by atoms with van der Waals surface area (Å²) in [4.78, 5) is 31.7. The molecule has 8 heteroatoms. The standard InChI is InChI=1S/C31H37BN2O5/c1-18-15-25-27(24-16-26(39-32(38)28(18)24)22-13-19(2)29(35)20(3)14-22)31(37)34(30(25)36)23-9-11-33(12-10-23)17-21-7-5-4-6-8-21/h4-8,13-14,23-27,35,38H,9-12,15-17H2,1-3H3/t24-,25-,26-,27+/m0/s1. The zero-order valence-corrected chi connectivity index (χ0v) is 23.0. The summed E-state index contributed by atoms with van der Waals surface area (Å²) in [6, 6.07) is 14.1. The molecule has 4 atom stereocenters. The van der Waals surface area contributed by atoms with Crippen LogP contribution in [-0.4, -0.2) is 58.0 Å². The third kappa shape index (κ3) is 4.62. The van der Waals surface area contributed by atoms with Crippen molar-refractivity contribution < 1.29 is 24.4 Å². The summed E-state index contributed by atoms with van der Waals surface area (Å²) >= 11 is 0. The second-order valence-corrected chi connectivity index (χ2v) is 11.9. The van der Waals surface area contributed by atoms with Gasteiger partial charge in [0.05, 0.1) is 17.9 Å². The third-order valence-electron chi connectivity index (χ3n) is 9.45.